The summed E-state index contributed by atoms with van der Waals surface area (Å²) >= 11 is 0. The molecule has 2 rings (SSSR count). The van der Waals surface area contributed by atoms with Crippen molar-refractivity contribution in [1.29, 1.82) is 0 Å². The fourth-order valence-electron chi connectivity index (χ4n) is 2.48. The molecule has 0 aliphatic carbocycles. The number of rotatable bonds is 2. The normalized spacial score (nSPS) is 24.4. The molecular weight excluding hydrogens is 278 g/mol. The molecule has 0 bridgehead atoms. The number of sulfonamides is 1. The van der Waals surface area contributed by atoms with E-state index in [0.29, 0.717) is 24.3 Å². The van der Waals surface area contributed by atoms with Crippen LogP contribution in [0, 0.1) is 0 Å². The SMILES string of the molecule is CC1(O)CCCN(c2cc(S(N)(=O)=O)ccc2N)CC1. The Morgan fingerprint density at radius 3 is 2.65 bits per heavy atom. The third-order valence-corrected chi connectivity index (χ3v) is 4.65. The van der Waals surface area contributed by atoms with Gasteiger partial charge in [0.1, 0.15) is 0 Å². The number of hydrogen-bond donors (Lipinski definition) is 3. The predicted octanol–water partition coefficient (Wildman–Crippen LogP) is 0.657. The van der Waals surface area contributed by atoms with Crippen LogP contribution < -0.4 is 15.8 Å². The van der Waals surface area contributed by atoms with Gasteiger partial charge >= 0.3 is 0 Å². The van der Waals surface area contributed by atoms with Gasteiger partial charge in [0.15, 0.2) is 0 Å². The van der Waals surface area contributed by atoms with Crippen LogP contribution >= 0.6 is 0 Å². The van der Waals surface area contributed by atoms with Gasteiger partial charge < -0.3 is 15.7 Å². The van der Waals surface area contributed by atoms with Gasteiger partial charge in [0.05, 0.1) is 21.9 Å². The lowest BCUT2D eigenvalue weighted by Crippen LogP contribution is -2.29. The number of aliphatic hydroxyl groups is 1. The van der Waals surface area contributed by atoms with Gasteiger partial charge in [-0.25, -0.2) is 13.6 Å². The number of nitrogen functional groups attached to an aromatic ring is 1. The van der Waals surface area contributed by atoms with Crippen LogP contribution in [0.15, 0.2) is 23.1 Å². The van der Waals surface area contributed by atoms with E-state index in [2.05, 4.69) is 0 Å². The lowest BCUT2D eigenvalue weighted by atomic mass is 9.98. The smallest absolute Gasteiger partial charge is 0.238 e. The molecule has 1 aliphatic rings. The maximum Gasteiger partial charge on any atom is 0.238 e. The molecule has 1 aromatic rings. The lowest BCUT2D eigenvalue weighted by Gasteiger charge is -2.25. The molecule has 0 saturated carbocycles. The molecule has 7 heteroatoms. The van der Waals surface area contributed by atoms with E-state index in [0.717, 1.165) is 19.4 Å². The Hall–Kier alpha value is -1.31. The van der Waals surface area contributed by atoms with Crippen molar-refractivity contribution in [2.45, 2.75) is 36.7 Å². The Morgan fingerprint density at radius 2 is 2.00 bits per heavy atom. The van der Waals surface area contributed by atoms with Gasteiger partial charge in [0.25, 0.3) is 0 Å². The molecule has 1 saturated heterocycles. The number of primary sulfonamides is 1. The summed E-state index contributed by atoms with van der Waals surface area (Å²) in [5.74, 6) is 0. The monoisotopic (exact) mass is 299 g/mol. The summed E-state index contributed by atoms with van der Waals surface area (Å²) < 4.78 is 22.9. The van der Waals surface area contributed by atoms with Crippen molar-refractivity contribution >= 4 is 21.4 Å². The third-order valence-electron chi connectivity index (χ3n) is 3.73. The third kappa shape index (κ3) is 3.41. The standard InChI is InChI=1S/C13H21N3O3S/c1-13(17)5-2-7-16(8-6-13)12-9-10(20(15,18)19)3-4-11(12)14/h3-4,9,17H,2,5-8,14H2,1H3,(H2,15,18,19). The van der Waals surface area contributed by atoms with E-state index >= 15 is 0 Å². The second-order valence-corrected chi connectivity index (χ2v) is 7.16. The molecule has 6 nitrogen and oxygen atoms in total. The molecule has 1 fully saturated rings. The number of nitrogens with zero attached hydrogens (tertiary/aromatic N) is 1. The lowest BCUT2D eigenvalue weighted by molar-refractivity contribution is 0.0481. The van der Waals surface area contributed by atoms with E-state index < -0.39 is 15.6 Å². The van der Waals surface area contributed by atoms with Gasteiger partial charge in [-0.1, -0.05) is 0 Å². The van der Waals surface area contributed by atoms with Crippen molar-refractivity contribution in [2.75, 3.05) is 23.7 Å². The van der Waals surface area contributed by atoms with Gasteiger partial charge in [-0.2, -0.15) is 0 Å². The summed E-state index contributed by atoms with van der Waals surface area (Å²) in [4.78, 5) is 2.06. The zero-order chi connectivity index (χ0) is 15.0. The summed E-state index contributed by atoms with van der Waals surface area (Å²) in [5.41, 5.74) is 6.44. The fraction of sp³-hybridized carbons (Fsp3) is 0.538. The first-order chi connectivity index (χ1) is 9.19. The fourth-order valence-corrected chi connectivity index (χ4v) is 3.01. The first-order valence-corrected chi connectivity index (χ1v) is 8.13. The quantitative estimate of drug-likeness (QED) is 0.695. The highest BCUT2D eigenvalue weighted by molar-refractivity contribution is 7.89. The van der Waals surface area contributed by atoms with E-state index in [1.54, 1.807) is 6.07 Å². The summed E-state index contributed by atoms with van der Waals surface area (Å²) in [5, 5.41) is 15.3. The van der Waals surface area contributed by atoms with Gasteiger partial charge in [-0.05, 0) is 44.4 Å². The molecule has 5 N–H and O–H groups in total. The average molecular weight is 299 g/mol. The van der Waals surface area contributed by atoms with Crippen LogP contribution in [-0.4, -0.2) is 32.2 Å². The van der Waals surface area contributed by atoms with Crippen molar-refractivity contribution in [2.24, 2.45) is 5.14 Å². The zero-order valence-electron chi connectivity index (χ0n) is 11.5. The van der Waals surface area contributed by atoms with Crippen LogP contribution in [0.1, 0.15) is 26.2 Å². The number of benzene rings is 1. The van der Waals surface area contributed by atoms with Crippen LogP contribution in [0.3, 0.4) is 0 Å². The summed E-state index contributed by atoms with van der Waals surface area (Å²) in [6.45, 7) is 3.18. The van der Waals surface area contributed by atoms with Crippen molar-refractivity contribution in [3.05, 3.63) is 18.2 Å². The topological polar surface area (TPSA) is 110 Å². The van der Waals surface area contributed by atoms with Crippen LogP contribution in [-0.2, 0) is 10.0 Å². The van der Waals surface area contributed by atoms with E-state index in [4.69, 9.17) is 10.9 Å². The number of nitrogens with two attached hydrogens (primary N) is 2. The average Bonchev–Trinajstić information content (AvgIpc) is 2.49. The van der Waals surface area contributed by atoms with E-state index in [1.165, 1.54) is 12.1 Å². The van der Waals surface area contributed by atoms with Crippen LogP contribution in [0.4, 0.5) is 11.4 Å². The molecule has 1 heterocycles. The van der Waals surface area contributed by atoms with Crippen molar-refractivity contribution < 1.29 is 13.5 Å². The molecule has 1 atom stereocenters. The maximum atomic E-state index is 11.4. The molecular formula is C13H21N3O3S. The highest BCUT2D eigenvalue weighted by Crippen LogP contribution is 2.30. The Kier molecular flexibility index (Phi) is 3.95. The maximum absolute atomic E-state index is 11.4. The zero-order valence-corrected chi connectivity index (χ0v) is 12.4. The highest BCUT2D eigenvalue weighted by Gasteiger charge is 2.26. The molecule has 112 valence electrons. The van der Waals surface area contributed by atoms with Crippen LogP contribution in [0.5, 0.6) is 0 Å². The van der Waals surface area contributed by atoms with E-state index in [-0.39, 0.29) is 4.90 Å². The molecule has 0 aromatic heterocycles. The molecule has 0 spiro atoms. The van der Waals surface area contributed by atoms with Gasteiger partial charge in [0.2, 0.25) is 10.0 Å². The predicted molar refractivity (Wildman–Crippen MR) is 78.9 cm³/mol. The summed E-state index contributed by atoms with van der Waals surface area (Å²) in [6.07, 6.45) is 2.16. The van der Waals surface area contributed by atoms with E-state index in [1.807, 2.05) is 11.8 Å². The Labute approximate surface area is 119 Å². The second-order valence-electron chi connectivity index (χ2n) is 5.60. The van der Waals surface area contributed by atoms with Crippen LogP contribution in [0.2, 0.25) is 0 Å². The minimum atomic E-state index is -3.74. The second kappa shape index (κ2) is 5.23. The van der Waals surface area contributed by atoms with Crippen molar-refractivity contribution in [3.8, 4) is 0 Å². The van der Waals surface area contributed by atoms with Crippen molar-refractivity contribution in [1.82, 2.24) is 0 Å². The number of hydrogen-bond acceptors (Lipinski definition) is 5. The largest absolute Gasteiger partial charge is 0.397 e. The Balaban J connectivity index is 2.32. The van der Waals surface area contributed by atoms with Gasteiger partial charge in [0, 0.05) is 13.1 Å². The van der Waals surface area contributed by atoms with E-state index in [9.17, 15) is 13.5 Å². The minimum absolute atomic E-state index is 0.0534. The molecule has 1 unspecified atom stereocenters. The summed E-state index contributed by atoms with van der Waals surface area (Å²) in [7, 11) is -3.74. The molecule has 0 radical (unpaired) electrons. The first-order valence-electron chi connectivity index (χ1n) is 6.59. The summed E-state index contributed by atoms with van der Waals surface area (Å²) in [6, 6.07) is 4.46. The minimum Gasteiger partial charge on any atom is -0.397 e. The Bertz CT molecular complexity index is 599. The molecule has 20 heavy (non-hydrogen) atoms. The number of anilines is 2. The first kappa shape index (κ1) is 15.1. The van der Waals surface area contributed by atoms with Gasteiger partial charge in [-0.15, -0.1) is 0 Å². The molecule has 0 amide bonds. The molecule has 1 aromatic carbocycles. The highest BCUT2D eigenvalue weighted by atomic mass is 32.2. The Morgan fingerprint density at radius 1 is 1.30 bits per heavy atom. The van der Waals surface area contributed by atoms with Crippen LogP contribution in [0.25, 0.3) is 0 Å². The molecule has 1 aliphatic heterocycles. The van der Waals surface area contributed by atoms with Crippen molar-refractivity contribution in [3.63, 3.8) is 0 Å². The van der Waals surface area contributed by atoms with Gasteiger partial charge in [-0.3, -0.25) is 0 Å².